The molecular formula is C30H24Cl2F8N4O5. The van der Waals surface area contributed by atoms with Crippen LogP contribution in [0.4, 0.5) is 35.1 Å². The molecule has 0 aliphatic carbocycles. The maximum atomic E-state index is 15.2. The topological polar surface area (TPSA) is 97.2 Å². The van der Waals surface area contributed by atoms with Gasteiger partial charge in [0.05, 0.1) is 22.6 Å². The van der Waals surface area contributed by atoms with E-state index in [1.165, 1.54) is 27.7 Å². The number of hydrogen-bond acceptors (Lipinski definition) is 5. The molecule has 0 aliphatic rings. The van der Waals surface area contributed by atoms with Crippen LogP contribution in [0.3, 0.4) is 0 Å². The van der Waals surface area contributed by atoms with Crippen molar-refractivity contribution in [2.75, 3.05) is 0 Å². The zero-order valence-electron chi connectivity index (χ0n) is 26.1. The Morgan fingerprint density at radius 2 is 0.878 bits per heavy atom. The molecule has 0 saturated carbocycles. The van der Waals surface area contributed by atoms with Crippen LogP contribution in [0.2, 0.25) is 10.0 Å². The fourth-order valence-corrected chi connectivity index (χ4v) is 6.08. The lowest BCUT2D eigenvalue weighted by Crippen LogP contribution is -2.41. The van der Waals surface area contributed by atoms with Gasteiger partial charge in [-0.1, -0.05) is 23.2 Å². The maximum Gasteiger partial charge on any atom is 0.431 e. The molecule has 2 aromatic carbocycles. The molecule has 0 atom stereocenters. The number of ether oxygens (including phenoxy) is 1. The van der Waals surface area contributed by atoms with Crippen LogP contribution >= 0.6 is 23.2 Å². The summed E-state index contributed by atoms with van der Waals surface area (Å²) in [6.45, 7) is 5.55. The summed E-state index contributed by atoms with van der Waals surface area (Å²) in [4.78, 5) is 51.1. The lowest BCUT2D eigenvalue weighted by Gasteiger charge is -2.38. The van der Waals surface area contributed by atoms with E-state index in [-0.39, 0.29) is 51.6 Å². The summed E-state index contributed by atoms with van der Waals surface area (Å²) < 4.78 is 117. The first kappa shape index (κ1) is 37.6. The van der Waals surface area contributed by atoms with Gasteiger partial charge in [-0.2, -0.15) is 26.3 Å². The number of hydrogen-bond donors (Lipinski definition) is 0. The average Bonchev–Trinajstić information content (AvgIpc) is 2.92. The summed E-state index contributed by atoms with van der Waals surface area (Å²) in [5.74, 6) is -2.50. The second-order valence-corrected chi connectivity index (χ2v) is 12.6. The zero-order valence-corrected chi connectivity index (χ0v) is 27.6. The van der Waals surface area contributed by atoms with Crippen molar-refractivity contribution in [3.8, 4) is 11.4 Å². The number of aromatic nitrogens is 4. The van der Waals surface area contributed by atoms with Crippen LogP contribution in [0.5, 0.6) is 0 Å². The van der Waals surface area contributed by atoms with Gasteiger partial charge in [0, 0.05) is 47.4 Å². The predicted octanol–water partition coefficient (Wildman–Crippen LogP) is 6.20. The van der Waals surface area contributed by atoms with Crippen LogP contribution in [0, 0.1) is 11.6 Å². The van der Waals surface area contributed by atoms with Gasteiger partial charge in [-0.05, 0) is 52.0 Å². The van der Waals surface area contributed by atoms with Gasteiger partial charge in [-0.25, -0.2) is 27.5 Å². The van der Waals surface area contributed by atoms with E-state index >= 15 is 8.78 Å². The molecule has 0 saturated heterocycles. The molecule has 49 heavy (non-hydrogen) atoms. The molecule has 0 amide bonds. The molecule has 0 fully saturated rings. The van der Waals surface area contributed by atoms with E-state index in [4.69, 9.17) is 27.9 Å². The molecule has 0 spiro atoms. The first-order valence-corrected chi connectivity index (χ1v) is 14.5. The van der Waals surface area contributed by atoms with Crippen molar-refractivity contribution >= 4 is 23.2 Å². The second-order valence-electron chi connectivity index (χ2n) is 11.8. The van der Waals surface area contributed by atoms with Crippen molar-refractivity contribution in [3.63, 3.8) is 0 Å². The lowest BCUT2D eigenvalue weighted by atomic mass is 9.92. The fraction of sp³-hybridized carbons (Fsp3) is 0.333. The second kappa shape index (κ2) is 12.3. The molecule has 0 N–H and O–H groups in total. The Balaban J connectivity index is 1.86. The van der Waals surface area contributed by atoms with Crippen LogP contribution in [0.1, 0.15) is 50.2 Å². The first-order valence-electron chi connectivity index (χ1n) is 13.7. The normalized spacial score (nSPS) is 12.9. The van der Waals surface area contributed by atoms with E-state index in [0.717, 1.165) is 26.2 Å². The third-order valence-corrected chi connectivity index (χ3v) is 8.21. The Morgan fingerprint density at radius 3 is 1.16 bits per heavy atom. The van der Waals surface area contributed by atoms with E-state index in [0.29, 0.717) is 12.1 Å². The van der Waals surface area contributed by atoms with E-state index in [1.54, 1.807) is 0 Å². The summed E-state index contributed by atoms with van der Waals surface area (Å²) in [5, 5.41) is -0.630. The summed E-state index contributed by atoms with van der Waals surface area (Å²) in [6.07, 6.45) is -10.2. The van der Waals surface area contributed by atoms with Crippen molar-refractivity contribution in [3.05, 3.63) is 122 Å². The maximum absolute atomic E-state index is 15.2. The largest absolute Gasteiger partial charge is 0.431 e. The van der Waals surface area contributed by atoms with Crippen LogP contribution < -0.4 is 22.5 Å². The predicted molar refractivity (Wildman–Crippen MR) is 162 cm³/mol. The summed E-state index contributed by atoms with van der Waals surface area (Å²) in [7, 11) is 1.47. The minimum absolute atomic E-state index is 0.0984. The first-order chi connectivity index (χ1) is 22.2. The molecular weight excluding hydrogens is 719 g/mol. The summed E-state index contributed by atoms with van der Waals surface area (Å²) in [5.41, 5.74) is -14.3. The summed E-state index contributed by atoms with van der Waals surface area (Å²) >= 11 is 12.7. The molecule has 0 bridgehead atoms. The van der Waals surface area contributed by atoms with Gasteiger partial charge in [0.2, 0.25) is 0 Å². The Kier molecular flexibility index (Phi) is 9.42. The highest BCUT2D eigenvalue weighted by Crippen LogP contribution is 2.42. The van der Waals surface area contributed by atoms with Crippen molar-refractivity contribution < 1.29 is 39.9 Å². The van der Waals surface area contributed by atoms with Crippen molar-refractivity contribution in [1.82, 2.24) is 18.3 Å². The minimum atomic E-state index is -5.08. The van der Waals surface area contributed by atoms with Gasteiger partial charge in [0.1, 0.15) is 23.0 Å². The Morgan fingerprint density at radius 1 is 0.571 bits per heavy atom. The molecule has 264 valence electrons. The number of benzene rings is 2. The van der Waals surface area contributed by atoms with Gasteiger partial charge in [-0.3, -0.25) is 18.7 Å². The molecule has 0 unspecified atom stereocenters. The van der Waals surface area contributed by atoms with Crippen molar-refractivity contribution in [1.29, 1.82) is 0 Å². The third-order valence-electron chi connectivity index (χ3n) is 7.58. The van der Waals surface area contributed by atoms with Crippen molar-refractivity contribution in [2.45, 2.75) is 51.2 Å². The summed E-state index contributed by atoms with van der Waals surface area (Å²) in [6, 6.07) is 3.44. The van der Waals surface area contributed by atoms with Crippen LogP contribution in [-0.4, -0.2) is 18.3 Å². The van der Waals surface area contributed by atoms with Crippen LogP contribution in [0.25, 0.3) is 11.4 Å². The highest BCUT2D eigenvalue weighted by molar-refractivity contribution is 6.32. The number of nitrogens with zero attached hydrogens (tertiary/aromatic N) is 4. The van der Waals surface area contributed by atoms with E-state index in [9.17, 15) is 45.5 Å². The Bertz CT molecular complexity index is 2090. The highest BCUT2D eigenvalue weighted by atomic mass is 35.5. The van der Waals surface area contributed by atoms with E-state index in [2.05, 4.69) is 0 Å². The molecule has 9 nitrogen and oxygen atoms in total. The lowest BCUT2D eigenvalue weighted by molar-refractivity contribution is -0.144. The fourth-order valence-electron chi connectivity index (χ4n) is 5.33. The molecule has 0 aliphatic heterocycles. The Labute approximate surface area is 280 Å². The third kappa shape index (κ3) is 6.83. The van der Waals surface area contributed by atoms with E-state index < -0.39 is 80.4 Å². The van der Waals surface area contributed by atoms with Gasteiger partial charge >= 0.3 is 23.7 Å². The smallest absolute Gasteiger partial charge is 0.360 e. The number of alkyl halides is 6. The molecule has 2 heterocycles. The Hall–Kier alpha value is -4.22. The number of rotatable bonds is 6. The molecule has 0 radical (unpaired) electrons. The van der Waals surface area contributed by atoms with E-state index in [1.807, 2.05) is 0 Å². The molecule has 19 heteroatoms. The van der Waals surface area contributed by atoms with Gasteiger partial charge in [0.15, 0.2) is 0 Å². The van der Waals surface area contributed by atoms with Gasteiger partial charge in [-0.15, -0.1) is 0 Å². The van der Waals surface area contributed by atoms with Crippen LogP contribution in [0.15, 0.2) is 55.6 Å². The standard InChI is InChI=1S/C30H24Cl2F8N4O5/c1-27(2,13-7-19(17(33)9-15(13)31)43-23(45)11-21(29(35,36)37)41(5)25(43)47)49-28(3,4)14-8-20(18(34)10-16(14)32)44-24(46)12-22(30(38,39)40)42(6)26(44)48/h7-12H,1-6H3. The quantitative estimate of drug-likeness (QED) is 0.220. The van der Waals surface area contributed by atoms with Gasteiger partial charge in [0.25, 0.3) is 11.1 Å². The zero-order chi connectivity index (χ0) is 37.3. The average molecular weight is 743 g/mol. The number of halogens is 10. The monoisotopic (exact) mass is 742 g/mol. The minimum Gasteiger partial charge on any atom is -0.360 e. The van der Waals surface area contributed by atoms with Crippen molar-refractivity contribution in [2.24, 2.45) is 14.1 Å². The molecule has 2 aromatic heterocycles. The SMILES string of the molecule is Cn1c(C(F)(F)F)cc(=O)n(-c2cc(C(C)(C)OC(C)(C)c3cc(-n4c(=O)cc(C(F)(F)F)n(C)c4=O)c(F)cc3Cl)c(Cl)cc2F)c1=O. The van der Waals surface area contributed by atoms with Gasteiger partial charge < -0.3 is 4.74 Å². The highest BCUT2D eigenvalue weighted by Gasteiger charge is 2.39. The molecule has 4 aromatic rings. The molecule has 4 rings (SSSR count). The van der Waals surface area contributed by atoms with Crippen LogP contribution in [-0.2, 0) is 42.4 Å².